The maximum atomic E-state index is 12.7. The summed E-state index contributed by atoms with van der Waals surface area (Å²) in [5.41, 5.74) is -1.11. The van der Waals surface area contributed by atoms with Crippen molar-refractivity contribution in [3.05, 3.63) is 64.7 Å². The number of hydrogen-bond acceptors (Lipinski definition) is 1. The summed E-state index contributed by atoms with van der Waals surface area (Å²) in [6.45, 7) is 0. The van der Waals surface area contributed by atoms with Crippen LogP contribution in [0.25, 0.3) is 15.3 Å². The third-order valence-corrected chi connectivity index (χ3v) is 4.06. The van der Waals surface area contributed by atoms with E-state index in [0.717, 1.165) is 3.56 Å². The van der Waals surface area contributed by atoms with E-state index in [9.17, 15) is 4.79 Å². The summed E-state index contributed by atoms with van der Waals surface area (Å²) in [5, 5.41) is -0.210. The summed E-state index contributed by atoms with van der Waals surface area (Å²) in [6, 6.07) is -4.72. The second-order valence-corrected chi connectivity index (χ2v) is 4.87. The molecule has 2 aromatic carbocycles. The molecular formula is C13H9NOSe. The number of hydrogen-bond donors (Lipinski definition) is 0. The van der Waals surface area contributed by atoms with Crippen LogP contribution in [-0.2, 0) is 0 Å². The zero-order chi connectivity index (χ0) is 18.8. The van der Waals surface area contributed by atoms with Gasteiger partial charge in [-0.3, -0.25) is 0 Å². The molecule has 3 heteroatoms. The van der Waals surface area contributed by atoms with Crippen LogP contribution in [0.15, 0.2) is 59.2 Å². The maximum absolute atomic E-state index is 12.7. The van der Waals surface area contributed by atoms with Crippen LogP contribution in [0.3, 0.4) is 0 Å². The topological polar surface area (TPSA) is 22.0 Å². The molecule has 0 aliphatic carbocycles. The van der Waals surface area contributed by atoms with Crippen molar-refractivity contribution in [3.8, 4) is 5.69 Å². The molecule has 0 atom stereocenters. The summed E-state index contributed by atoms with van der Waals surface area (Å²) in [5.74, 6) is 0. The van der Waals surface area contributed by atoms with Gasteiger partial charge < -0.3 is 0 Å². The molecule has 1 heterocycles. The molecule has 3 rings (SSSR count). The Hall–Kier alpha value is -1.57. The van der Waals surface area contributed by atoms with E-state index in [0.29, 0.717) is 0 Å². The molecule has 0 N–H and O–H groups in total. The minimum atomic E-state index is -0.975. The SMILES string of the molecule is [2H]c1c([2H])c([2H])c(-n2[se]c3c([2H])c([2H])c([2H])c([2H])c3c2=O)c([2H])c1[2H]. The van der Waals surface area contributed by atoms with Crippen LogP contribution in [-0.4, -0.2) is 18.3 Å². The molecular weight excluding hydrogens is 265 g/mol. The first-order chi connectivity index (χ1) is 11.6. The summed E-state index contributed by atoms with van der Waals surface area (Å²) < 4.78 is 71.2. The van der Waals surface area contributed by atoms with Crippen molar-refractivity contribution >= 4 is 24.4 Å². The molecule has 0 bridgehead atoms. The Labute approximate surface area is 111 Å². The van der Waals surface area contributed by atoms with Crippen LogP contribution in [0.5, 0.6) is 0 Å². The molecule has 0 unspecified atom stereocenters. The van der Waals surface area contributed by atoms with Gasteiger partial charge in [-0.25, -0.2) is 0 Å². The molecule has 78 valence electrons. The molecule has 0 amide bonds. The molecule has 0 saturated heterocycles. The van der Waals surface area contributed by atoms with E-state index in [2.05, 4.69) is 0 Å². The van der Waals surface area contributed by atoms with E-state index in [4.69, 9.17) is 12.3 Å². The van der Waals surface area contributed by atoms with E-state index >= 15 is 0 Å². The fraction of sp³-hybridized carbons (Fsp3) is 0. The zero-order valence-corrected chi connectivity index (χ0v) is 9.48. The molecule has 2 nitrogen and oxygen atoms in total. The van der Waals surface area contributed by atoms with Gasteiger partial charge in [0, 0.05) is 0 Å². The quantitative estimate of drug-likeness (QED) is 0.626. The van der Waals surface area contributed by atoms with Crippen molar-refractivity contribution in [2.45, 2.75) is 0 Å². The normalized spacial score (nSPS) is 18.6. The van der Waals surface area contributed by atoms with Crippen LogP contribution >= 0.6 is 0 Å². The molecule has 3 aromatic rings. The first-order valence-corrected chi connectivity index (χ1v) is 5.91. The monoisotopic (exact) mass is 284 g/mol. The van der Waals surface area contributed by atoms with Crippen LogP contribution in [0, 0.1) is 0 Å². The fourth-order valence-electron chi connectivity index (χ4n) is 1.25. The number of rotatable bonds is 1. The first-order valence-electron chi connectivity index (χ1n) is 8.79. The van der Waals surface area contributed by atoms with E-state index in [1.807, 2.05) is 0 Å². The van der Waals surface area contributed by atoms with E-state index < -0.39 is 68.6 Å². The van der Waals surface area contributed by atoms with Crippen molar-refractivity contribution in [1.29, 1.82) is 0 Å². The Morgan fingerprint density at radius 2 is 1.69 bits per heavy atom. The van der Waals surface area contributed by atoms with Crippen molar-refractivity contribution in [2.75, 3.05) is 0 Å². The third kappa shape index (κ3) is 1.45. The van der Waals surface area contributed by atoms with E-state index in [1.165, 1.54) is 0 Å². The average molecular weight is 283 g/mol. The Kier molecular flexibility index (Phi) is 0.951. The van der Waals surface area contributed by atoms with Gasteiger partial charge in [-0.15, -0.1) is 0 Å². The predicted octanol–water partition coefficient (Wildman–Crippen LogP) is 2.05. The predicted molar refractivity (Wildman–Crippen MR) is 66.5 cm³/mol. The molecule has 0 aliphatic rings. The van der Waals surface area contributed by atoms with Crippen molar-refractivity contribution < 1.29 is 12.3 Å². The standard InChI is InChI=1S/C13H9NOSe/c15-13-11-8-4-5-9-12(11)16-14(13)10-6-2-1-3-7-10/h1-9H/i1D,2D,3D,4D,5D,6D,7D,8D,9D. The number of aromatic nitrogens is 1. The number of fused-ring (bicyclic) bond motifs is 1. The van der Waals surface area contributed by atoms with Crippen LogP contribution in [0.1, 0.15) is 12.3 Å². The number of benzene rings is 2. The zero-order valence-electron chi connectivity index (χ0n) is 16.8. The summed E-state index contributed by atoms with van der Waals surface area (Å²) >= 11 is -0.975. The average Bonchev–Trinajstić information content (AvgIpc) is 2.92. The Morgan fingerprint density at radius 1 is 1.00 bits per heavy atom. The van der Waals surface area contributed by atoms with Gasteiger partial charge in [0.2, 0.25) is 0 Å². The second-order valence-electron chi connectivity index (χ2n) is 2.87. The van der Waals surface area contributed by atoms with Gasteiger partial charge in [0.05, 0.1) is 0 Å². The van der Waals surface area contributed by atoms with E-state index in [-0.39, 0.29) is 21.4 Å². The summed E-state index contributed by atoms with van der Waals surface area (Å²) in [4.78, 5) is 12.7. The molecule has 0 fully saturated rings. The van der Waals surface area contributed by atoms with Gasteiger partial charge in [-0.1, -0.05) is 0 Å². The molecule has 16 heavy (non-hydrogen) atoms. The number of nitrogens with zero attached hydrogens (tertiary/aromatic N) is 1. The van der Waals surface area contributed by atoms with Crippen LogP contribution in [0.4, 0.5) is 0 Å². The number of para-hydroxylation sites is 1. The van der Waals surface area contributed by atoms with Crippen molar-refractivity contribution in [1.82, 2.24) is 3.56 Å². The van der Waals surface area contributed by atoms with Crippen LogP contribution in [0.2, 0.25) is 0 Å². The summed E-state index contributed by atoms with van der Waals surface area (Å²) in [6.07, 6.45) is 0. The Balaban J connectivity index is 2.53. The van der Waals surface area contributed by atoms with Gasteiger partial charge in [-0.2, -0.15) is 0 Å². The van der Waals surface area contributed by atoms with Gasteiger partial charge in [0.25, 0.3) is 0 Å². The summed E-state index contributed by atoms with van der Waals surface area (Å²) in [7, 11) is 0. The second kappa shape index (κ2) is 3.78. The molecule has 0 aliphatic heterocycles. The van der Waals surface area contributed by atoms with Gasteiger partial charge in [0.15, 0.2) is 0 Å². The van der Waals surface area contributed by atoms with Crippen LogP contribution < -0.4 is 5.56 Å². The fourth-order valence-corrected chi connectivity index (χ4v) is 3.06. The minimum absolute atomic E-state index is 0.107. The van der Waals surface area contributed by atoms with Gasteiger partial charge in [0.1, 0.15) is 0 Å². The van der Waals surface area contributed by atoms with Crippen molar-refractivity contribution in [2.24, 2.45) is 0 Å². The Morgan fingerprint density at radius 3 is 2.50 bits per heavy atom. The van der Waals surface area contributed by atoms with Crippen molar-refractivity contribution in [3.63, 3.8) is 0 Å². The Bertz CT molecular complexity index is 1090. The molecule has 0 saturated carbocycles. The van der Waals surface area contributed by atoms with Gasteiger partial charge in [-0.05, 0) is 0 Å². The molecule has 0 spiro atoms. The molecule has 1 aromatic heterocycles. The third-order valence-electron chi connectivity index (χ3n) is 1.92. The first kappa shape index (κ1) is 4.02. The molecule has 0 radical (unpaired) electrons. The van der Waals surface area contributed by atoms with Gasteiger partial charge >= 0.3 is 111 Å². The van der Waals surface area contributed by atoms with E-state index in [1.54, 1.807) is 0 Å².